The number of methoxy groups -OCH3 is 1. The second kappa shape index (κ2) is 7.83. The van der Waals surface area contributed by atoms with Gasteiger partial charge in [-0.2, -0.15) is 0 Å². The maximum Gasteiger partial charge on any atom is 0.254 e. The van der Waals surface area contributed by atoms with E-state index in [4.69, 9.17) is 10.5 Å². The maximum atomic E-state index is 11.5. The summed E-state index contributed by atoms with van der Waals surface area (Å²) in [6.07, 6.45) is -0.593. The number of halogens is 2. The van der Waals surface area contributed by atoms with Crippen molar-refractivity contribution in [2.24, 2.45) is 5.73 Å². The molecule has 0 saturated carbocycles. The molecule has 16 heavy (non-hydrogen) atoms. The molecule has 0 spiro atoms. The van der Waals surface area contributed by atoms with E-state index in [1.165, 1.54) is 7.11 Å². The van der Waals surface area contributed by atoms with Crippen LogP contribution in [0.1, 0.15) is 0 Å². The van der Waals surface area contributed by atoms with Crippen molar-refractivity contribution in [2.75, 3.05) is 19.0 Å². The monoisotopic (exact) mass is 356 g/mol. The fourth-order valence-corrected chi connectivity index (χ4v) is 1.43. The van der Waals surface area contributed by atoms with Gasteiger partial charge in [0.15, 0.2) is 0 Å². The van der Waals surface area contributed by atoms with Gasteiger partial charge in [-0.25, -0.2) is 0 Å². The Kier molecular flexibility index (Phi) is 7.65. The van der Waals surface area contributed by atoms with Crippen LogP contribution in [-0.2, 0) is 9.53 Å². The Morgan fingerprint density at radius 3 is 2.50 bits per heavy atom. The average molecular weight is 357 g/mol. The third kappa shape index (κ3) is 4.65. The summed E-state index contributed by atoms with van der Waals surface area (Å²) in [5, 5.41) is 2.72. The quantitative estimate of drug-likeness (QED) is 0.806. The summed E-state index contributed by atoms with van der Waals surface area (Å²) in [4.78, 5) is 11.5. The van der Waals surface area contributed by atoms with Crippen molar-refractivity contribution < 1.29 is 9.53 Å². The summed E-state index contributed by atoms with van der Waals surface area (Å²) >= 11 is 2.20. The number of nitrogens with one attached hydrogen (secondary N) is 1. The fourth-order valence-electron chi connectivity index (χ4n) is 1.07. The SMILES string of the molecule is COC(CN)C(=O)Nc1ccc(I)cc1.Cl. The Morgan fingerprint density at radius 1 is 1.50 bits per heavy atom. The standard InChI is InChI=1S/C10H13IN2O2.ClH/c1-15-9(6-12)10(14)13-8-4-2-7(11)3-5-8;/h2-5,9H,6,12H2,1H3,(H,13,14);1H. The normalized spacial score (nSPS) is 11.4. The zero-order valence-corrected chi connectivity index (χ0v) is 11.7. The van der Waals surface area contributed by atoms with Crippen molar-refractivity contribution in [3.05, 3.63) is 27.8 Å². The number of rotatable bonds is 4. The highest BCUT2D eigenvalue weighted by Crippen LogP contribution is 2.11. The van der Waals surface area contributed by atoms with Crippen LogP contribution in [0.15, 0.2) is 24.3 Å². The van der Waals surface area contributed by atoms with E-state index in [1.54, 1.807) is 0 Å². The van der Waals surface area contributed by atoms with Gasteiger partial charge in [0.1, 0.15) is 6.10 Å². The van der Waals surface area contributed by atoms with Crippen molar-refractivity contribution in [3.63, 3.8) is 0 Å². The molecule has 1 unspecified atom stereocenters. The smallest absolute Gasteiger partial charge is 0.254 e. The average Bonchev–Trinajstić information content (AvgIpc) is 2.23. The van der Waals surface area contributed by atoms with E-state index in [-0.39, 0.29) is 24.9 Å². The van der Waals surface area contributed by atoms with Crippen LogP contribution in [0.5, 0.6) is 0 Å². The van der Waals surface area contributed by atoms with E-state index in [9.17, 15) is 4.79 Å². The zero-order chi connectivity index (χ0) is 11.3. The first-order chi connectivity index (χ1) is 7.17. The number of carbonyl (C=O) groups excluding carboxylic acids is 1. The van der Waals surface area contributed by atoms with Gasteiger partial charge < -0.3 is 15.8 Å². The maximum absolute atomic E-state index is 11.5. The van der Waals surface area contributed by atoms with Crippen molar-refractivity contribution >= 4 is 46.6 Å². The van der Waals surface area contributed by atoms with E-state index in [0.717, 1.165) is 9.26 Å². The van der Waals surface area contributed by atoms with Gasteiger partial charge >= 0.3 is 0 Å². The molecule has 1 rings (SSSR count). The molecule has 1 aromatic rings. The van der Waals surface area contributed by atoms with E-state index in [2.05, 4.69) is 27.9 Å². The number of carbonyl (C=O) groups is 1. The molecular formula is C10H14ClIN2O2. The first-order valence-corrected chi connectivity index (χ1v) is 5.54. The predicted octanol–water partition coefficient (Wildman–Crippen LogP) is 1.63. The molecule has 4 nitrogen and oxygen atoms in total. The van der Waals surface area contributed by atoms with Crippen molar-refractivity contribution in [1.82, 2.24) is 0 Å². The van der Waals surface area contributed by atoms with Gasteiger partial charge in [0, 0.05) is 22.9 Å². The van der Waals surface area contributed by atoms with Gasteiger partial charge in [-0.3, -0.25) is 4.79 Å². The summed E-state index contributed by atoms with van der Waals surface area (Å²) in [6, 6.07) is 7.51. The number of anilines is 1. The molecule has 0 radical (unpaired) electrons. The van der Waals surface area contributed by atoms with Gasteiger partial charge in [-0.1, -0.05) is 0 Å². The van der Waals surface area contributed by atoms with Gasteiger partial charge in [0.05, 0.1) is 0 Å². The molecule has 6 heteroatoms. The van der Waals surface area contributed by atoms with Crippen LogP contribution in [0, 0.1) is 3.57 Å². The molecule has 0 aliphatic carbocycles. The van der Waals surface area contributed by atoms with E-state index < -0.39 is 6.10 Å². The minimum atomic E-state index is -0.593. The van der Waals surface area contributed by atoms with Crippen LogP contribution < -0.4 is 11.1 Å². The van der Waals surface area contributed by atoms with E-state index >= 15 is 0 Å². The summed E-state index contributed by atoms with van der Waals surface area (Å²) in [6.45, 7) is 0.173. The highest BCUT2D eigenvalue weighted by Gasteiger charge is 2.15. The Morgan fingerprint density at radius 2 is 2.06 bits per heavy atom. The zero-order valence-electron chi connectivity index (χ0n) is 8.77. The Labute approximate surface area is 114 Å². The number of ether oxygens (including phenoxy) is 1. The van der Waals surface area contributed by atoms with E-state index in [1.807, 2.05) is 24.3 Å². The minimum absolute atomic E-state index is 0. The second-order valence-electron chi connectivity index (χ2n) is 2.96. The highest BCUT2D eigenvalue weighted by atomic mass is 127. The predicted molar refractivity (Wildman–Crippen MR) is 74.9 cm³/mol. The van der Waals surface area contributed by atoms with Crippen LogP contribution >= 0.6 is 35.0 Å². The summed E-state index contributed by atoms with van der Waals surface area (Å²) in [5.74, 6) is -0.221. The first-order valence-electron chi connectivity index (χ1n) is 4.46. The molecule has 0 bridgehead atoms. The lowest BCUT2D eigenvalue weighted by molar-refractivity contribution is -0.125. The third-order valence-electron chi connectivity index (χ3n) is 1.90. The highest BCUT2D eigenvalue weighted by molar-refractivity contribution is 14.1. The summed E-state index contributed by atoms with van der Waals surface area (Å²) in [5.41, 5.74) is 6.12. The molecule has 90 valence electrons. The molecule has 0 aliphatic rings. The lowest BCUT2D eigenvalue weighted by Gasteiger charge is -2.12. The first kappa shape index (κ1) is 15.6. The molecule has 0 aromatic heterocycles. The van der Waals surface area contributed by atoms with Crippen molar-refractivity contribution in [3.8, 4) is 0 Å². The third-order valence-corrected chi connectivity index (χ3v) is 2.62. The van der Waals surface area contributed by atoms with Crippen LogP contribution in [0.2, 0.25) is 0 Å². The van der Waals surface area contributed by atoms with Gasteiger partial charge in [-0.05, 0) is 46.9 Å². The molecule has 1 amide bonds. The Balaban J connectivity index is 0.00000225. The van der Waals surface area contributed by atoms with Crippen molar-refractivity contribution in [2.45, 2.75) is 6.10 Å². The molecule has 0 aliphatic heterocycles. The lowest BCUT2D eigenvalue weighted by Crippen LogP contribution is -2.35. The number of nitrogens with two attached hydrogens (primary N) is 1. The van der Waals surface area contributed by atoms with Crippen LogP contribution in [0.3, 0.4) is 0 Å². The van der Waals surface area contributed by atoms with Crippen molar-refractivity contribution in [1.29, 1.82) is 0 Å². The summed E-state index contributed by atoms with van der Waals surface area (Å²) in [7, 11) is 1.46. The van der Waals surface area contributed by atoms with Crippen LogP contribution in [0.25, 0.3) is 0 Å². The number of hydrogen-bond acceptors (Lipinski definition) is 3. The van der Waals surface area contributed by atoms with Crippen LogP contribution in [0.4, 0.5) is 5.69 Å². The molecule has 3 N–H and O–H groups in total. The Bertz CT molecular complexity index is 328. The van der Waals surface area contributed by atoms with Gasteiger partial charge in [-0.15, -0.1) is 12.4 Å². The molecule has 1 atom stereocenters. The van der Waals surface area contributed by atoms with E-state index in [0.29, 0.717) is 0 Å². The topological polar surface area (TPSA) is 64.3 Å². The molecule has 1 aromatic carbocycles. The van der Waals surface area contributed by atoms with Gasteiger partial charge in [0.2, 0.25) is 0 Å². The summed E-state index contributed by atoms with van der Waals surface area (Å²) < 4.78 is 6.04. The molecular weight excluding hydrogens is 342 g/mol. The molecule has 0 heterocycles. The second-order valence-corrected chi connectivity index (χ2v) is 4.20. The van der Waals surface area contributed by atoms with Crippen LogP contribution in [-0.4, -0.2) is 25.7 Å². The lowest BCUT2D eigenvalue weighted by atomic mass is 10.3. The largest absolute Gasteiger partial charge is 0.370 e. The number of benzene rings is 1. The van der Waals surface area contributed by atoms with Gasteiger partial charge in [0.25, 0.3) is 5.91 Å². The number of hydrogen-bond donors (Lipinski definition) is 2. The number of amides is 1. The molecule has 0 fully saturated rings. The fraction of sp³-hybridized carbons (Fsp3) is 0.300. The minimum Gasteiger partial charge on any atom is -0.370 e. The Hall–Kier alpha value is -0.370. The molecule has 0 saturated heterocycles.